The number of anilines is 1. The Labute approximate surface area is 144 Å². The fourth-order valence-electron chi connectivity index (χ4n) is 3.64. The van der Waals surface area contributed by atoms with Crippen LogP contribution < -0.4 is 10.5 Å². The van der Waals surface area contributed by atoms with Crippen molar-refractivity contribution in [3.05, 3.63) is 5.82 Å². The van der Waals surface area contributed by atoms with E-state index in [1.54, 1.807) is 18.4 Å². The van der Waals surface area contributed by atoms with Gasteiger partial charge in [-0.1, -0.05) is 0 Å². The average Bonchev–Trinajstić information content (AvgIpc) is 3.24. The van der Waals surface area contributed by atoms with Gasteiger partial charge in [0, 0.05) is 0 Å². The fraction of sp³-hybridized carbons (Fsp3) is 0.688. The van der Waals surface area contributed by atoms with E-state index in [0.29, 0.717) is 17.0 Å². The summed E-state index contributed by atoms with van der Waals surface area (Å²) in [5, 5.41) is 20.3. The highest BCUT2D eigenvalue weighted by Crippen LogP contribution is 2.34. The molecule has 25 heavy (non-hydrogen) atoms. The van der Waals surface area contributed by atoms with E-state index in [1.807, 2.05) is 0 Å². The van der Waals surface area contributed by atoms with Crippen molar-refractivity contribution in [1.29, 1.82) is 0 Å². The average molecular weight is 349 g/mol. The summed E-state index contributed by atoms with van der Waals surface area (Å²) in [6, 6.07) is 0.208. The van der Waals surface area contributed by atoms with Crippen LogP contribution in [0, 0.1) is 6.92 Å². The van der Waals surface area contributed by atoms with Crippen LogP contribution in [-0.2, 0) is 4.74 Å². The molecular weight excluding hydrogens is 326 g/mol. The Hall–Kier alpha value is -1.97. The molecule has 4 atom stereocenters. The molecule has 1 aliphatic carbocycles. The molecule has 9 nitrogen and oxygen atoms in total. The maximum atomic E-state index is 10.3. The van der Waals surface area contributed by atoms with Crippen molar-refractivity contribution in [3.8, 4) is 6.01 Å². The van der Waals surface area contributed by atoms with Gasteiger partial charge in [0.05, 0.1) is 6.10 Å². The molecule has 1 saturated heterocycles. The Balaban J connectivity index is 1.76. The third-order valence-electron chi connectivity index (χ3n) is 5.03. The third-order valence-corrected chi connectivity index (χ3v) is 5.03. The maximum Gasteiger partial charge on any atom is 0.320 e. The highest BCUT2D eigenvalue weighted by molar-refractivity contribution is 5.82. The molecular formula is C16H23N5O4. The first kappa shape index (κ1) is 16.5. The van der Waals surface area contributed by atoms with Gasteiger partial charge in [-0.15, -0.1) is 0 Å². The first-order valence-electron chi connectivity index (χ1n) is 8.66. The zero-order chi connectivity index (χ0) is 17.7. The van der Waals surface area contributed by atoms with Gasteiger partial charge in [0.2, 0.25) is 0 Å². The molecule has 2 fully saturated rings. The van der Waals surface area contributed by atoms with Crippen LogP contribution >= 0.6 is 0 Å². The zero-order valence-corrected chi connectivity index (χ0v) is 14.3. The van der Waals surface area contributed by atoms with Crippen molar-refractivity contribution >= 4 is 17.0 Å². The predicted octanol–water partition coefficient (Wildman–Crippen LogP) is 0.677. The van der Waals surface area contributed by atoms with Gasteiger partial charge in [-0.25, -0.2) is 4.98 Å². The normalized spacial score (nSPS) is 30.4. The molecule has 9 heteroatoms. The van der Waals surface area contributed by atoms with Crippen LogP contribution in [0.5, 0.6) is 6.01 Å². The summed E-state index contributed by atoms with van der Waals surface area (Å²) in [4.78, 5) is 13.1. The molecule has 0 aromatic carbocycles. The molecule has 0 radical (unpaired) electrons. The summed E-state index contributed by atoms with van der Waals surface area (Å²) < 4.78 is 13.2. The van der Waals surface area contributed by atoms with Gasteiger partial charge >= 0.3 is 6.01 Å². The quantitative estimate of drug-likeness (QED) is 0.738. The number of aromatic nitrogens is 4. The van der Waals surface area contributed by atoms with E-state index in [1.165, 1.54) is 0 Å². The number of aliphatic hydroxyl groups is 2. The van der Waals surface area contributed by atoms with Crippen LogP contribution in [0.25, 0.3) is 11.2 Å². The number of nitrogens with two attached hydrogens (primary N) is 1. The molecule has 2 aromatic rings. The molecule has 0 bridgehead atoms. The molecule has 2 aliphatic rings. The summed E-state index contributed by atoms with van der Waals surface area (Å²) in [6.07, 6.45) is 0.992. The van der Waals surface area contributed by atoms with Crippen molar-refractivity contribution in [2.24, 2.45) is 0 Å². The minimum Gasteiger partial charge on any atom is -0.460 e. The monoisotopic (exact) mass is 349 g/mol. The first-order valence-corrected chi connectivity index (χ1v) is 8.66. The van der Waals surface area contributed by atoms with Crippen LogP contribution in [0.4, 0.5) is 5.82 Å². The molecule has 0 unspecified atom stereocenters. The van der Waals surface area contributed by atoms with Crippen molar-refractivity contribution in [2.45, 2.75) is 70.2 Å². The molecule has 0 amide bonds. The van der Waals surface area contributed by atoms with E-state index in [-0.39, 0.29) is 17.9 Å². The summed E-state index contributed by atoms with van der Waals surface area (Å²) in [5.74, 6) is 0.792. The molecule has 1 saturated carbocycles. The molecule has 4 N–H and O–H groups in total. The summed E-state index contributed by atoms with van der Waals surface area (Å²) in [5.41, 5.74) is 6.91. The van der Waals surface area contributed by atoms with Crippen LogP contribution in [0.2, 0.25) is 0 Å². The molecule has 0 spiro atoms. The van der Waals surface area contributed by atoms with Gasteiger partial charge in [0.15, 0.2) is 23.2 Å². The van der Waals surface area contributed by atoms with Crippen molar-refractivity contribution in [1.82, 2.24) is 19.5 Å². The van der Waals surface area contributed by atoms with Crippen molar-refractivity contribution < 1.29 is 19.7 Å². The van der Waals surface area contributed by atoms with Gasteiger partial charge in [-0.3, -0.25) is 4.57 Å². The lowest BCUT2D eigenvalue weighted by Gasteiger charge is -2.18. The fourth-order valence-corrected chi connectivity index (χ4v) is 3.64. The van der Waals surface area contributed by atoms with E-state index in [9.17, 15) is 10.2 Å². The van der Waals surface area contributed by atoms with E-state index >= 15 is 0 Å². The number of nitrogens with zero attached hydrogens (tertiary/aromatic N) is 4. The van der Waals surface area contributed by atoms with Crippen LogP contribution in [0.15, 0.2) is 0 Å². The van der Waals surface area contributed by atoms with Gasteiger partial charge in [-0.2, -0.15) is 9.97 Å². The molecule has 2 aromatic heterocycles. The van der Waals surface area contributed by atoms with Crippen LogP contribution in [-0.4, -0.2) is 54.1 Å². The predicted molar refractivity (Wildman–Crippen MR) is 89.0 cm³/mol. The number of aliphatic hydroxyl groups excluding tert-OH is 2. The Morgan fingerprint density at radius 1 is 1.16 bits per heavy atom. The van der Waals surface area contributed by atoms with E-state index in [2.05, 4.69) is 15.0 Å². The van der Waals surface area contributed by atoms with E-state index in [4.69, 9.17) is 15.2 Å². The van der Waals surface area contributed by atoms with Gasteiger partial charge < -0.3 is 25.4 Å². The molecule has 4 rings (SSSR count). The number of aryl methyl sites for hydroxylation is 1. The van der Waals surface area contributed by atoms with Crippen LogP contribution in [0.3, 0.4) is 0 Å². The maximum absolute atomic E-state index is 10.3. The third kappa shape index (κ3) is 2.72. The number of ether oxygens (including phenoxy) is 2. The lowest BCUT2D eigenvalue weighted by Crippen LogP contribution is -2.30. The smallest absolute Gasteiger partial charge is 0.320 e. The summed E-state index contributed by atoms with van der Waals surface area (Å²) >= 11 is 0. The first-order chi connectivity index (χ1) is 12.0. The Morgan fingerprint density at radius 2 is 1.88 bits per heavy atom. The highest BCUT2D eigenvalue weighted by Gasteiger charge is 2.42. The topological polar surface area (TPSA) is 129 Å². The summed E-state index contributed by atoms with van der Waals surface area (Å²) in [7, 11) is 0. The molecule has 136 valence electrons. The lowest BCUT2D eigenvalue weighted by atomic mass is 10.1. The number of hydrogen-bond donors (Lipinski definition) is 3. The second kappa shape index (κ2) is 6.08. The lowest BCUT2D eigenvalue weighted by molar-refractivity contribution is -0.0311. The van der Waals surface area contributed by atoms with Gasteiger partial charge in [0.1, 0.15) is 24.1 Å². The number of hydrogen-bond acceptors (Lipinski definition) is 8. The van der Waals surface area contributed by atoms with E-state index < -0.39 is 24.5 Å². The Morgan fingerprint density at radius 3 is 2.52 bits per heavy atom. The minimum absolute atomic E-state index is 0.101. The largest absolute Gasteiger partial charge is 0.460 e. The highest BCUT2D eigenvalue weighted by atomic mass is 16.6. The van der Waals surface area contributed by atoms with Crippen molar-refractivity contribution in [3.63, 3.8) is 0 Å². The van der Waals surface area contributed by atoms with Gasteiger partial charge in [0.25, 0.3) is 0 Å². The number of fused-ring (bicyclic) bond motifs is 1. The Kier molecular flexibility index (Phi) is 4.01. The number of nitrogen functional groups attached to an aromatic ring is 1. The van der Waals surface area contributed by atoms with Gasteiger partial charge in [-0.05, 0) is 39.5 Å². The SMILES string of the molecule is Cc1nc2c(N)nc(OC3CCCC3)nc2n1[C@@H]1O[C@H](C)[C@@H](O)[C@H]1O. The Bertz CT molecular complexity index is 788. The van der Waals surface area contributed by atoms with Crippen molar-refractivity contribution in [2.75, 3.05) is 5.73 Å². The minimum atomic E-state index is -1.08. The molecule has 1 aliphatic heterocycles. The summed E-state index contributed by atoms with van der Waals surface area (Å²) in [6.45, 7) is 3.48. The second-order valence-corrected chi connectivity index (χ2v) is 6.83. The molecule has 3 heterocycles. The number of imidazole rings is 1. The second-order valence-electron chi connectivity index (χ2n) is 6.83. The standard InChI is InChI=1S/C16H23N5O4/c1-7-11(22)12(23)15(24-7)21-8(2)18-10-13(17)19-16(20-14(10)21)25-9-5-3-4-6-9/h7,9,11-12,15,22-23H,3-6H2,1-2H3,(H2,17,19,20)/t7-,11-,12-,15-/m1/s1. The van der Waals surface area contributed by atoms with E-state index in [0.717, 1.165) is 25.7 Å². The van der Waals surface area contributed by atoms with Crippen LogP contribution in [0.1, 0.15) is 44.7 Å². The number of rotatable bonds is 3. The zero-order valence-electron chi connectivity index (χ0n) is 14.3.